The van der Waals surface area contributed by atoms with Gasteiger partial charge in [0.05, 0.1) is 18.1 Å². The number of hydrogen-bond acceptors (Lipinski definition) is 3. The Balaban J connectivity index is 2.23. The van der Waals surface area contributed by atoms with E-state index in [0.717, 1.165) is 25.7 Å². The molecule has 2 aliphatic rings. The van der Waals surface area contributed by atoms with Gasteiger partial charge in [-0.05, 0) is 19.8 Å². The Morgan fingerprint density at radius 1 is 1.40 bits per heavy atom. The highest BCUT2D eigenvalue weighted by atomic mass is 16.3. The van der Waals surface area contributed by atoms with Crippen LogP contribution in [0.25, 0.3) is 0 Å². The second-order valence-corrected chi connectivity index (χ2v) is 4.76. The van der Waals surface area contributed by atoms with Gasteiger partial charge in [0, 0.05) is 6.42 Å². The van der Waals surface area contributed by atoms with Crippen LogP contribution in [0.15, 0.2) is 0 Å². The third kappa shape index (κ3) is 1.47. The minimum Gasteiger partial charge on any atom is -0.394 e. The zero-order chi connectivity index (χ0) is 11.1. The van der Waals surface area contributed by atoms with E-state index in [1.54, 1.807) is 6.92 Å². The highest BCUT2D eigenvalue weighted by Gasteiger charge is 2.53. The molecular weight excluding hydrogens is 194 g/mol. The van der Waals surface area contributed by atoms with Crippen LogP contribution in [-0.2, 0) is 9.59 Å². The molecule has 15 heavy (non-hydrogen) atoms. The number of aliphatic hydroxyl groups is 1. The van der Waals surface area contributed by atoms with Gasteiger partial charge < -0.3 is 5.11 Å². The molecule has 1 aliphatic carbocycles. The van der Waals surface area contributed by atoms with E-state index in [1.807, 2.05) is 0 Å². The number of hydrogen-bond donors (Lipinski definition) is 1. The van der Waals surface area contributed by atoms with E-state index in [0.29, 0.717) is 6.42 Å². The smallest absolute Gasteiger partial charge is 0.236 e. The molecule has 2 amide bonds. The lowest BCUT2D eigenvalue weighted by Gasteiger charge is -2.24. The van der Waals surface area contributed by atoms with Crippen molar-refractivity contribution in [2.24, 2.45) is 5.41 Å². The summed E-state index contributed by atoms with van der Waals surface area (Å²) in [5.41, 5.74) is -0.402. The molecule has 0 aromatic rings. The normalized spacial score (nSPS) is 26.7. The molecule has 84 valence electrons. The molecule has 0 aromatic carbocycles. The lowest BCUT2D eigenvalue weighted by atomic mass is 9.84. The third-order valence-corrected chi connectivity index (χ3v) is 3.70. The predicted molar refractivity (Wildman–Crippen MR) is 53.9 cm³/mol. The second-order valence-electron chi connectivity index (χ2n) is 4.76. The monoisotopic (exact) mass is 211 g/mol. The van der Waals surface area contributed by atoms with Crippen LogP contribution in [0.1, 0.15) is 39.0 Å². The summed E-state index contributed by atoms with van der Waals surface area (Å²) in [7, 11) is 0. The van der Waals surface area contributed by atoms with Gasteiger partial charge in [0.1, 0.15) is 0 Å². The van der Waals surface area contributed by atoms with E-state index in [2.05, 4.69) is 0 Å². The van der Waals surface area contributed by atoms with Gasteiger partial charge in [-0.1, -0.05) is 12.8 Å². The maximum Gasteiger partial charge on any atom is 0.236 e. The molecule has 1 heterocycles. The van der Waals surface area contributed by atoms with Crippen molar-refractivity contribution in [3.8, 4) is 0 Å². The average Bonchev–Trinajstić information content (AvgIpc) is 2.75. The summed E-state index contributed by atoms with van der Waals surface area (Å²) in [4.78, 5) is 25.1. The molecule has 2 fully saturated rings. The van der Waals surface area contributed by atoms with Crippen molar-refractivity contribution in [3.05, 3.63) is 0 Å². The Bertz CT molecular complexity index is 294. The van der Waals surface area contributed by atoms with Crippen molar-refractivity contribution in [2.45, 2.75) is 45.1 Å². The molecule has 1 spiro atoms. The molecule has 1 N–H and O–H groups in total. The van der Waals surface area contributed by atoms with E-state index in [9.17, 15) is 9.59 Å². The van der Waals surface area contributed by atoms with Gasteiger partial charge in [-0.25, -0.2) is 0 Å². The third-order valence-electron chi connectivity index (χ3n) is 3.70. The van der Waals surface area contributed by atoms with Crippen LogP contribution in [-0.4, -0.2) is 34.5 Å². The molecule has 0 unspecified atom stereocenters. The van der Waals surface area contributed by atoms with Crippen LogP contribution < -0.4 is 0 Å². The Labute approximate surface area is 89.3 Å². The first-order valence-corrected chi connectivity index (χ1v) is 5.58. The molecule has 4 heteroatoms. The summed E-state index contributed by atoms with van der Waals surface area (Å²) >= 11 is 0. The molecule has 1 saturated carbocycles. The Hall–Kier alpha value is -0.900. The van der Waals surface area contributed by atoms with Crippen molar-refractivity contribution < 1.29 is 14.7 Å². The van der Waals surface area contributed by atoms with Gasteiger partial charge in [0.25, 0.3) is 0 Å². The maximum absolute atomic E-state index is 12.1. The zero-order valence-corrected chi connectivity index (χ0v) is 9.03. The highest BCUT2D eigenvalue weighted by molar-refractivity contribution is 6.06. The summed E-state index contributed by atoms with van der Waals surface area (Å²) in [6.07, 6.45) is 4.12. The minimum atomic E-state index is -0.402. The summed E-state index contributed by atoms with van der Waals surface area (Å²) in [5.74, 6) is -0.157. The van der Waals surface area contributed by atoms with Gasteiger partial charge in [-0.15, -0.1) is 0 Å². The maximum atomic E-state index is 12.1. The molecule has 1 saturated heterocycles. The molecule has 4 nitrogen and oxygen atoms in total. The number of amides is 2. The summed E-state index contributed by atoms with van der Waals surface area (Å²) in [6, 6.07) is -0.370. The van der Waals surface area contributed by atoms with Crippen LogP contribution in [0.5, 0.6) is 0 Å². The van der Waals surface area contributed by atoms with Crippen molar-refractivity contribution in [1.29, 1.82) is 0 Å². The molecule has 0 bridgehead atoms. The van der Waals surface area contributed by atoms with Crippen LogP contribution in [0.4, 0.5) is 0 Å². The largest absolute Gasteiger partial charge is 0.394 e. The fourth-order valence-corrected chi connectivity index (χ4v) is 2.79. The average molecular weight is 211 g/mol. The SMILES string of the molecule is C[C@H](CO)N1C(=O)CC2(CCCC2)C1=O. The van der Waals surface area contributed by atoms with Crippen molar-refractivity contribution in [2.75, 3.05) is 6.61 Å². The Morgan fingerprint density at radius 3 is 2.53 bits per heavy atom. The topological polar surface area (TPSA) is 57.6 Å². The Kier molecular flexibility index (Phi) is 2.54. The molecule has 0 radical (unpaired) electrons. The summed E-state index contributed by atoms with van der Waals surface area (Å²) in [6.45, 7) is 1.57. The number of rotatable bonds is 2. The van der Waals surface area contributed by atoms with Gasteiger partial charge in [0.2, 0.25) is 11.8 Å². The summed E-state index contributed by atoms with van der Waals surface area (Å²) in [5, 5.41) is 9.02. The molecule has 1 aliphatic heterocycles. The van der Waals surface area contributed by atoms with Crippen LogP contribution in [0.2, 0.25) is 0 Å². The number of aliphatic hydroxyl groups excluding tert-OH is 1. The lowest BCUT2D eigenvalue weighted by molar-refractivity contribution is -0.144. The number of imide groups is 1. The summed E-state index contributed by atoms with van der Waals surface area (Å²) < 4.78 is 0. The van der Waals surface area contributed by atoms with Gasteiger partial charge in [0.15, 0.2) is 0 Å². The first-order chi connectivity index (χ1) is 7.10. The van der Waals surface area contributed by atoms with Crippen molar-refractivity contribution >= 4 is 11.8 Å². The lowest BCUT2D eigenvalue weighted by Crippen LogP contribution is -2.42. The van der Waals surface area contributed by atoms with E-state index < -0.39 is 5.41 Å². The fraction of sp³-hybridized carbons (Fsp3) is 0.818. The van der Waals surface area contributed by atoms with Gasteiger partial charge >= 0.3 is 0 Å². The second kappa shape index (κ2) is 3.59. The van der Waals surface area contributed by atoms with Gasteiger partial charge in [-0.2, -0.15) is 0 Å². The standard InChI is InChI=1S/C11H17NO3/c1-8(7-13)12-9(14)6-11(10(12)15)4-2-3-5-11/h8,13H,2-7H2,1H3/t8-/m1/s1. The first-order valence-electron chi connectivity index (χ1n) is 5.58. The Morgan fingerprint density at radius 2 is 2.00 bits per heavy atom. The van der Waals surface area contributed by atoms with Crippen LogP contribution in [0, 0.1) is 5.41 Å². The van der Waals surface area contributed by atoms with Gasteiger partial charge in [-0.3, -0.25) is 14.5 Å². The van der Waals surface area contributed by atoms with Crippen molar-refractivity contribution in [1.82, 2.24) is 4.90 Å². The number of carbonyl (C=O) groups excluding carboxylic acids is 2. The minimum absolute atomic E-state index is 0.0495. The van der Waals surface area contributed by atoms with Crippen molar-refractivity contribution in [3.63, 3.8) is 0 Å². The molecule has 1 atom stereocenters. The quantitative estimate of drug-likeness (QED) is 0.683. The van der Waals surface area contributed by atoms with E-state index in [1.165, 1.54) is 4.90 Å². The highest BCUT2D eigenvalue weighted by Crippen LogP contribution is 2.47. The molecule has 0 aromatic heterocycles. The number of nitrogens with zero attached hydrogens (tertiary/aromatic N) is 1. The number of likely N-dealkylation sites (tertiary alicyclic amines) is 1. The first kappa shape index (κ1) is 10.6. The predicted octanol–water partition coefficient (Wildman–Crippen LogP) is 0.686. The molecular formula is C11H17NO3. The number of carbonyl (C=O) groups is 2. The molecule has 2 rings (SSSR count). The van der Waals surface area contributed by atoms with E-state index >= 15 is 0 Å². The zero-order valence-electron chi connectivity index (χ0n) is 9.03. The van der Waals surface area contributed by atoms with Crippen LogP contribution in [0.3, 0.4) is 0 Å². The van der Waals surface area contributed by atoms with E-state index in [4.69, 9.17) is 5.11 Å². The fourth-order valence-electron chi connectivity index (χ4n) is 2.79. The van der Waals surface area contributed by atoms with Crippen LogP contribution >= 0.6 is 0 Å². The van der Waals surface area contributed by atoms with E-state index in [-0.39, 0.29) is 24.5 Å².